The molecule has 0 aliphatic heterocycles. The van der Waals surface area contributed by atoms with Gasteiger partial charge in [-0.2, -0.15) is 0 Å². The van der Waals surface area contributed by atoms with Gasteiger partial charge in [0.15, 0.2) is 0 Å². The molecule has 1 aromatic rings. The van der Waals surface area contributed by atoms with Crippen LogP contribution in [0.25, 0.3) is 0 Å². The molecule has 0 saturated carbocycles. The molecule has 0 spiro atoms. The van der Waals surface area contributed by atoms with Gasteiger partial charge in [0.2, 0.25) is 5.95 Å². The van der Waals surface area contributed by atoms with Crippen molar-refractivity contribution in [1.29, 1.82) is 0 Å². The molecule has 0 radical (unpaired) electrons. The van der Waals surface area contributed by atoms with E-state index >= 15 is 0 Å². The van der Waals surface area contributed by atoms with Crippen LogP contribution in [0.3, 0.4) is 0 Å². The minimum absolute atomic E-state index is 0.213. The number of aromatic nitrogens is 2. The minimum atomic E-state index is 0.213. The smallest absolute Gasteiger partial charge is 0.224 e. The second-order valence-corrected chi connectivity index (χ2v) is 4.43. The lowest BCUT2D eigenvalue weighted by Gasteiger charge is -2.26. The van der Waals surface area contributed by atoms with Crippen molar-refractivity contribution in [1.82, 2.24) is 9.97 Å². The molecule has 0 atom stereocenters. The normalized spacial score (nSPS) is 11.5. The summed E-state index contributed by atoms with van der Waals surface area (Å²) in [5, 5.41) is 0. The number of hydrogen-bond donors (Lipinski definition) is 0. The average Bonchev–Trinajstić information content (AvgIpc) is 2.28. The van der Waals surface area contributed by atoms with E-state index in [-0.39, 0.29) is 5.41 Å². The van der Waals surface area contributed by atoms with E-state index in [9.17, 15) is 0 Å². The monoisotopic (exact) mass is 207 g/mol. The molecule has 0 N–H and O–H groups in total. The fourth-order valence-corrected chi connectivity index (χ4v) is 1.52. The Hall–Kier alpha value is -1.12. The molecule has 1 heterocycles. The van der Waals surface area contributed by atoms with Crippen LogP contribution in [0.1, 0.15) is 39.2 Å². The molecule has 15 heavy (non-hydrogen) atoms. The van der Waals surface area contributed by atoms with Gasteiger partial charge in [-0.15, -0.1) is 0 Å². The summed E-state index contributed by atoms with van der Waals surface area (Å²) in [5.74, 6) is 0.772. The van der Waals surface area contributed by atoms with Crippen molar-refractivity contribution in [2.45, 2.75) is 39.0 Å². The lowest BCUT2D eigenvalue weighted by atomic mass is 9.79. The van der Waals surface area contributed by atoms with Crippen molar-refractivity contribution in [3.63, 3.8) is 0 Å². The Labute approximate surface area is 92.6 Å². The van der Waals surface area contributed by atoms with Crippen LogP contribution in [-0.2, 0) is 5.41 Å². The Morgan fingerprint density at radius 2 is 1.60 bits per heavy atom. The number of hydrogen-bond acceptors (Lipinski definition) is 3. The van der Waals surface area contributed by atoms with E-state index < -0.39 is 0 Å². The number of nitrogens with zero attached hydrogens (tertiary/aromatic N) is 3. The summed E-state index contributed by atoms with van der Waals surface area (Å²) in [5.41, 5.74) is 1.45. The molecular weight excluding hydrogens is 186 g/mol. The maximum atomic E-state index is 4.36. The fourth-order valence-electron chi connectivity index (χ4n) is 1.52. The van der Waals surface area contributed by atoms with Crippen LogP contribution in [0.15, 0.2) is 12.4 Å². The maximum Gasteiger partial charge on any atom is 0.224 e. The Kier molecular flexibility index (Phi) is 3.66. The van der Waals surface area contributed by atoms with Crippen LogP contribution in [0, 0.1) is 0 Å². The van der Waals surface area contributed by atoms with Crippen LogP contribution >= 0.6 is 0 Å². The van der Waals surface area contributed by atoms with Gasteiger partial charge in [-0.25, -0.2) is 9.97 Å². The van der Waals surface area contributed by atoms with Crippen molar-refractivity contribution in [3.05, 3.63) is 18.0 Å². The highest BCUT2D eigenvalue weighted by Gasteiger charge is 2.22. The molecule has 0 unspecified atom stereocenters. The first-order valence-corrected chi connectivity index (χ1v) is 5.53. The maximum absolute atomic E-state index is 4.36. The number of rotatable bonds is 4. The van der Waals surface area contributed by atoms with Crippen molar-refractivity contribution in [3.8, 4) is 0 Å². The van der Waals surface area contributed by atoms with Gasteiger partial charge in [-0.05, 0) is 23.8 Å². The Bertz CT molecular complexity index is 299. The highest BCUT2D eigenvalue weighted by atomic mass is 15.2. The molecule has 0 amide bonds. The van der Waals surface area contributed by atoms with Crippen molar-refractivity contribution < 1.29 is 0 Å². The zero-order chi connectivity index (χ0) is 11.5. The first-order valence-electron chi connectivity index (χ1n) is 5.53. The second kappa shape index (κ2) is 4.60. The minimum Gasteiger partial charge on any atom is -0.347 e. The van der Waals surface area contributed by atoms with Crippen molar-refractivity contribution in [2.75, 3.05) is 19.0 Å². The van der Waals surface area contributed by atoms with Gasteiger partial charge in [0.25, 0.3) is 0 Å². The molecule has 1 aromatic heterocycles. The molecule has 3 heteroatoms. The summed E-state index contributed by atoms with van der Waals surface area (Å²) >= 11 is 0. The molecule has 0 aromatic carbocycles. The highest BCUT2D eigenvalue weighted by Crippen LogP contribution is 2.30. The summed E-state index contributed by atoms with van der Waals surface area (Å²) < 4.78 is 0. The van der Waals surface area contributed by atoms with Gasteiger partial charge in [0.1, 0.15) is 0 Å². The Balaban J connectivity index is 2.97. The zero-order valence-electron chi connectivity index (χ0n) is 10.4. The van der Waals surface area contributed by atoms with E-state index in [1.165, 1.54) is 5.56 Å². The van der Waals surface area contributed by atoms with Crippen LogP contribution < -0.4 is 4.90 Å². The van der Waals surface area contributed by atoms with Crippen molar-refractivity contribution in [2.24, 2.45) is 0 Å². The zero-order valence-corrected chi connectivity index (χ0v) is 10.4. The first-order chi connectivity index (χ1) is 7.03. The molecule has 0 saturated heterocycles. The van der Waals surface area contributed by atoms with Crippen LogP contribution in [0.4, 0.5) is 5.95 Å². The summed E-state index contributed by atoms with van der Waals surface area (Å²) in [4.78, 5) is 10.6. The molecular formula is C12H21N3. The summed E-state index contributed by atoms with van der Waals surface area (Å²) in [6, 6.07) is 0. The largest absolute Gasteiger partial charge is 0.347 e. The second-order valence-electron chi connectivity index (χ2n) is 4.43. The van der Waals surface area contributed by atoms with E-state index in [0.29, 0.717) is 0 Å². The van der Waals surface area contributed by atoms with Gasteiger partial charge in [0.05, 0.1) is 0 Å². The predicted octanol–water partition coefficient (Wildman–Crippen LogP) is 2.62. The third kappa shape index (κ3) is 2.46. The summed E-state index contributed by atoms with van der Waals surface area (Å²) in [6.45, 7) is 6.69. The van der Waals surface area contributed by atoms with Crippen molar-refractivity contribution >= 4 is 5.95 Å². The first kappa shape index (κ1) is 12.0. The Morgan fingerprint density at radius 3 is 1.93 bits per heavy atom. The van der Waals surface area contributed by atoms with E-state index in [1.807, 2.05) is 31.4 Å². The predicted molar refractivity (Wildman–Crippen MR) is 64.3 cm³/mol. The van der Waals surface area contributed by atoms with E-state index in [4.69, 9.17) is 0 Å². The average molecular weight is 207 g/mol. The van der Waals surface area contributed by atoms with E-state index in [2.05, 4.69) is 30.7 Å². The Morgan fingerprint density at radius 1 is 1.13 bits per heavy atom. The summed E-state index contributed by atoms with van der Waals surface area (Å²) in [6.07, 6.45) is 6.15. The van der Waals surface area contributed by atoms with Gasteiger partial charge in [0, 0.05) is 26.5 Å². The molecule has 3 nitrogen and oxygen atoms in total. The third-order valence-corrected chi connectivity index (χ3v) is 3.30. The quantitative estimate of drug-likeness (QED) is 0.760. The molecule has 84 valence electrons. The topological polar surface area (TPSA) is 29.0 Å². The van der Waals surface area contributed by atoms with Crippen LogP contribution in [0.5, 0.6) is 0 Å². The molecule has 0 fully saturated rings. The lowest BCUT2D eigenvalue weighted by Crippen LogP contribution is -2.21. The van der Waals surface area contributed by atoms with Gasteiger partial charge < -0.3 is 4.90 Å². The van der Waals surface area contributed by atoms with Crippen LogP contribution in [-0.4, -0.2) is 24.1 Å². The van der Waals surface area contributed by atoms with Crippen LogP contribution in [0.2, 0.25) is 0 Å². The highest BCUT2D eigenvalue weighted by molar-refractivity contribution is 5.29. The molecule has 0 aliphatic carbocycles. The van der Waals surface area contributed by atoms with Gasteiger partial charge >= 0.3 is 0 Å². The number of anilines is 1. The molecule has 1 rings (SSSR count). The van der Waals surface area contributed by atoms with Gasteiger partial charge in [-0.3, -0.25) is 0 Å². The summed E-state index contributed by atoms with van der Waals surface area (Å²) in [7, 11) is 3.90. The fraction of sp³-hybridized carbons (Fsp3) is 0.667. The molecule has 0 bridgehead atoms. The van der Waals surface area contributed by atoms with Gasteiger partial charge in [-0.1, -0.05) is 20.8 Å². The molecule has 0 aliphatic rings. The third-order valence-electron chi connectivity index (χ3n) is 3.30. The SMILES string of the molecule is CCC(C)(CC)c1cnc(N(C)C)nc1. The lowest BCUT2D eigenvalue weighted by molar-refractivity contribution is 0.436. The van der Waals surface area contributed by atoms with E-state index in [0.717, 1.165) is 18.8 Å². The van der Waals surface area contributed by atoms with E-state index in [1.54, 1.807) is 0 Å². The standard InChI is InChI=1S/C12H21N3/c1-6-12(3,7-2)10-8-13-11(14-9-10)15(4)5/h8-9H,6-7H2,1-5H3.